The van der Waals surface area contributed by atoms with Gasteiger partial charge in [-0.15, -0.1) is 0 Å². The van der Waals surface area contributed by atoms with Gasteiger partial charge in [-0.25, -0.2) is 4.79 Å². The van der Waals surface area contributed by atoms with E-state index in [1.54, 1.807) is 4.90 Å². The molecule has 172 valence electrons. The smallest absolute Gasteiger partial charge is 0.321 e. The molecule has 1 aliphatic heterocycles. The van der Waals surface area contributed by atoms with Gasteiger partial charge in [-0.3, -0.25) is 4.79 Å². The van der Waals surface area contributed by atoms with Crippen molar-refractivity contribution in [1.29, 1.82) is 0 Å². The molecule has 0 radical (unpaired) electrons. The first-order valence-electron chi connectivity index (χ1n) is 11.3. The summed E-state index contributed by atoms with van der Waals surface area (Å²) in [6, 6.07) is 15.6. The normalized spacial score (nSPS) is 16.0. The predicted molar refractivity (Wildman–Crippen MR) is 131 cm³/mol. The van der Waals surface area contributed by atoms with Crippen LogP contribution in [0, 0.1) is 0 Å². The number of anilines is 2. The average Bonchev–Trinajstić information content (AvgIpc) is 2.74. The minimum Gasteiger partial charge on any atom is -0.324 e. The van der Waals surface area contributed by atoms with Crippen molar-refractivity contribution >= 4 is 23.3 Å². The molecule has 6 nitrogen and oxygen atoms in total. The number of likely N-dealkylation sites (tertiary alicyclic amines) is 1. The van der Waals surface area contributed by atoms with Crippen LogP contribution in [0.4, 0.5) is 16.2 Å². The molecule has 0 saturated carbocycles. The van der Waals surface area contributed by atoms with Crippen molar-refractivity contribution in [3.63, 3.8) is 0 Å². The van der Waals surface area contributed by atoms with E-state index < -0.39 is 5.54 Å². The maximum atomic E-state index is 12.8. The fraction of sp³-hybridized carbons (Fsp3) is 0.462. The molecule has 32 heavy (non-hydrogen) atoms. The summed E-state index contributed by atoms with van der Waals surface area (Å²) in [5, 5.41) is 5.88. The SMILES string of the molecule is CC(C)c1ccc(NC(=O)C2(N)CCN(C(=O)Nc3ccc(C(C)(C)C)cc3)CC2)cc1. The first-order valence-corrected chi connectivity index (χ1v) is 11.3. The van der Waals surface area contributed by atoms with Crippen LogP contribution in [0.3, 0.4) is 0 Å². The average molecular weight is 437 g/mol. The molecule has 6 heteroatoms. The number of rotatable bonds is 4. The van der Waals surface area contributed by atoms with E-state index in [-0.39, 0.29) is 17.4 Å². The molecule has 1 aliphatic rings. The molecule has 3 rings (SSSR count). The van der Waals surface area contributed by atoms with E-state index >= 15 is 0 Å². The van der Waals surface area contributed by atoms with E-state index in [0.29, 0.717) is 31.8 Å². The lowest BCUT2D eigenvalue weighted by molar-refractivity contribution is -0.122. The maximum absolute atomic E-state index is 12.8. The summed E-state index contributed by atoms with van der Waals surface area (Å²) in [5.74, 6) is 0.236. The number of hydrogen-bond acceptors (Lipinski definition) is 3. The van der Waals surface area contributed by atoms with Crippen molar-refractivity contribution in [3.8, 4) is 0 Å². The third kappa shape index (κ3) is 5.68. The number of nitrogens with two attached hydrogens (primary N) is 1. The highest BCUT2D eigenvalue weighted by Crippen LogP contribution is 2.25. The molecule has 0 spiro atoms. The Balaban J connectivity index is 1.53. The van der Waals surface area contributed by atoms with Crippen LogP contribution in [0.5, 0.6) is 0 Å². The standard InChI is InChI=1S/C26H36N4O2/c1-18(2)19-6-10-21(11-7-19)28-23(31)26(27)14-16-30(17-15-26)24(32)29-22-12-8-20(9-13-22)25(3,4)5/h6-13,18H,14-17,27H2,1-5H3,(H,28,31)(H,29,32). The van der Waals surface area contributed by atoms with Crippen molar-refractivity contribution in [2.75, 3.05) is 23.7 Å². The summed E-state index contributed by atoms with van der Waals surface area (Å²) in [4.78, 5) is 27.2. The van der Waals surface area contributed by atoms with Gasteiger partial charge in [-0.05, 0) is 59.6 Å². The molecule has 2 aromatic carbocycles. The van der Waals surface area contributed by atoms with Gasteiger partial charge >= 0.3 is 6.03 Å². The summed E-state index contributed by atoms with van der Waals surface area (Å²) in [5.41, 5.74) is 9.45. The summed E-state index contributed by atoms with van der Waals surface area (Å²) in [7, 11) is 0. The topological polar surface area (TPSA) is 87.5 Å². The lowest BCUT2D eigenvalue weighted by Gasteiger charge is -2.38. The number of nitrogens with zero attached hydrogens (tertiary/aromatic N) is 1. The van der Waals surface area contributed by atoms with E-state index in [1.165, 1.54) is 11.1 Å². The van der Waals surface area contributed by atoms with Gasteiger partial charge in [0, 0.05) is 24.5 Å². The molecule has 0 aliphatic carbocycles. The molecule has 0 unspecified atom stereocenters. The van der Waals surface area contributed by atoms with Crippen molar-refractivity contribution in [2.45, 2.75) is 64.3 Å². The first-order chi connectivity index (χ1) is 15.0. The largest absolute Gasteiger partial charge is 0.324 e. The number of hydrogen-bond donors (Lipinski definition) is 3. The van der Waals surface area contributed by atoms with Crippen molar-refractivity contribution in [2.24, 2.45) is 5.73 Å². The second-order valence-corrected chi connectivity index (χ2v) is 10.1. The lowest BCUT2D eigenvalue weighted by Crippen LogP contribution is -2.58. The maximum Gasteiger partial charge on any atom is 0.321 e. The molecule has 0 bridgehead atoms. The van der Waals surface area contributed by atoms with Gasteiger partial charge in [0.2, 0.25) is 5.91 Å². The molecule has 1 saturated heterocycles. The molecule has 1 fully saturated rings. The molecule has 2 aromatic rings. The lowest BCUT2D eigenvalue weighted by atomic mass is 9.87. The number of benzene rings is 2. The number of carbonyl (C=O) groups excluding carboxylic acids is 2. The van der Waals surface area contributed by atoms with Gasteiger partial charge in [0.1, 0.15) is 0 Å². The Morgan fingerprint density at radius 1 is 0.906 bits per heavy atom. The quantitative estimate of drug-likeness (QED) is 0.625. The Morgan fingerprint density at radius 3 is 1.91 bits per heavy atom. The molecule has 3 amide bonds. The fourth-order valence-electron chi connectivity index (χ4n) is 3.80. The Bertz CT molecular complexity index is 935. The highest BCUT2D eigenvalue weighted by molar-refractivity contribution is 5.98. The third-order valence-corrected chi connectivity index (χ3v) is 6.23. The van der Waals surface area contributed by atoms with E-state index in [9.17, 15) is 9.59 Å². The van der Waals surface area contributed by atoms with E-state index in [1.807, 2.05) is 48.5 Å². The van der Waals surface area contributed by atoms with Gasteiger partial charge in [-0.2, -0.15) is 0 Å². The summed E-state index contributed by atoms with van der Waals surface area (Å²) in [6.45, 7) is 11.6. The number of nitrogens with one attached hydrogen (secondary N) is 2. The van der Waals surface area contributed by atoms with Crippen LogP contribution in [-0.4, -0.2) is 35.5 Å². The summed E-state index contributed by atoms with van der Waals surface area (Å²) in [6.07, 6.45) is 0.832. The van der Waals surface area contributed by atoms with Crippen LogP contribution < -0.4 is 16.4 Å². The minimum absolute atomic E-state index is 0.0664. The number of amides is 3. The van der Waals surface area contributed by atoms with Crippen molar-refractivity contribution in [3.05, 3.63) is 59.7 Å². The Hall–Kier alpha value is -2.86. The highest BCUT2D eigenvalue weighted by Gasteiger charge is 2.39. The Morgan fingerprint density at radius 2 is 1.41 bits per heavy atom. The minimum atomic E-state index is -0.984. The van der Waals surface area contributed by atoms with Gasteiger partial charge in [0.25, 0.3) is 0 Å². The van der Waals surface area contributed by atoms with Gasteiger partial charge < -0.3 is 21.3 Å². The fourth-order valence-corrected chi connectivity index (χ4v) is 3.80. The molecular weight excluding hydrogens is 400 g/mol. The van der Waals surface area contributed by atoms with Crippen LogP contribution in [0.25, 0.3) is 0 Å². The van der Waals surface area contributed by atoms with E-state index in [4.69, 9.17) is 5.73 Å². The van der Waals surface area contributed by atoms with Gasteiger partial charge in [0.05, 0.1) is 5.54 Å². The zero-order valence-corrected chi connectivity index (χ0v) is 19.9. The Kier molecular flexibility index (Phi) is 6.94. The third-order valence-electron chi connectivity index (χ3n) is 6.23. The summed E-state index contributed by atoms with van der Waals surface area (Å²) >= 11 is 0. The van der Waals surface area contributed by atoms with Crippen LogP contribution in [0.2, 0.25) is 0 Å². The molecule has 0 aromatic heterocycles. The van der Waals surface area contributed by atoms with Crippen LogP contribution >= 0.6 is 0 Å². The molecular formula is C26H36N4O2. The van der Waals surface area contributed by atoms with Crippen molar-refractivity contribution in [1.82, 2.24) is 4.90 Å². The van der Waals surface area contributed by atoms with Crippen LogP contribution in [0.1, 0.15) is 64.5 Å². The zero-order chi connectivity index (χ0) is 23.5. The Labute approximate surface area is 191 Å². The molecule has 0 atom stereocenters. The van der Waals surface area contributed by atoms with Crippen LogP contribution in [-0.2, 0) is 10.2 Å². The van der Waals surface area contributed by atoms with E-state index in [2.05, 4.69) is 45.3 Å². The molecule has 4 N–H and O–H groups in total. The van der Waals surface area contributed by atoms with Gasteiger partial charge in [-0.1, -0.05) is 58.9 Å². The zero-order valence-electron chi connectivity index (χ0n) is 19.9. The monoisotopic (exact) mass is 436 g/mol. The highest BCUT2D eigenvalue weighted by atomic mass is 16.2. The summed E-state index contributed by atoms with van der Waals surface area (Å²) < 4.78 is 0. The second kappa shape index (κ2) is 9.33. The van der Waals surface area contributed by atoms with E-state index in [0.717, 1.165) is 11.4 Å². The molecule has 1 heterocycles. The number of carbonyl (C=O) groups is 2. The first kappa shape index (κ1) is 23.8. The van der Waals surface area contributed by atoms with Crippen LogP contribution in [0.15, 0.2) is 48.5 Å². The number of urea groups is 1. The van der Waals surface area contributed by atoms with Crippen molar-refractivity contribution < 1.29 is 9.59 Å². The van der Waals surface area contributed by atoms with Gasteiger partial charge in [0.15, 0.2) is 0 Å². The second-order valence-electron chi connectivity index (χ2n) is 10.1. The number of piperidine rings is 1. The predicted octanol–water partition coefficient (Wildman–Crippen LogP) is 5.07.